The highest BCUT2D eigenvalue weighted by Gasteiger charge is 2.47. The first kappa shape index (κ1) is 29.7. The van der Waals surface area contributed by atoms with Crippen molar-refractivity contribution < 1.29 is 4.74 Å². The molecule has 0 saturated carbocycles. The van der Waals surface area contributed by atoms with Crippen molar-refractivity contribution in [3.05, 3.63) is 181 Å². The summed E-state index contributed by atoms with van der Waals surface area (Å²) in [5, 5.41) is 0. The second-order valence-electron chi connectivity index (χ2n) is 10.9. The van der Waals surface area contributed by atoms with E-state index in [0.29, 0.717) is 0 Å². The summed E-state index contributed by atoms with van der Waals surface area (Å²) in [5.41, 5.74) is 8.82. The van der Waals surface area contributed by atoms with Crippen LogP contribution in [0, 0.1) is 0 Å². The quantitative estimate of drug-likeness (QED) is 0.159. The third-order valence-electron chi connectivity index (χ3n) is 8.17. The van der Waals surface area contributed by atoms with Gasteiger partial charge in [-0.25, -0.2) is 0 Å². The van der Waals surface area contributed by atoms with E-state index in [1.807, 2.05) is 24.3 Å². The Bertz CT molecular complexity index is 1570. The third-order valence-corrected chi connectivity index (χ3v) is 8.17. The summed E-state index contributed by atoms with van der Waals surface area (Å²) >= 11 is 0. The molecule has 0 bridgehead atoms. The van der Waals surface area contributed by atoms with E-state index in [0.717, 1.165) is 31.6 Å². The Morgan fingerprint density at radius 3 is 2.00 bits per heavy atom. The molecule has 2 heteroatoms. The van der Waals surface area contributed by atoms with Gasteiger partial charge in [0.2, 0.25) is 0 Å². The van der Waals surface area contributed by atoms with Gasteiger partial charge in [-0.3, -0.25) is 0 Å². The number of hydrogen-bond acceptors (Lipinski definition) is 2. The fourth-order valence-electron chi connectivity index (χ4n) is 6.17. The average Bonchev–Trinajstić information content (AvgIpc) is 3.29. The summed E-state index contributed by atoms with van der Waals surface area (Å²) in [6, 6.07) is 37.3. The fraction of sp³-hybridized carbons (Fsp3) is 0.171. The molecule has 2 nitrogen and oxygen atoms in total. The molecule has 1 aliphatic rings. The first-order chi connectivity index (χ1) is 21.2. The minimum absolute atomic E-state index is 0.257. The Balaban J connectivity index is 1.70. The molecular weight excluding hydrogens is 522 g/mol. The Morgan fingerprint density at radius 1 is 0.744 bits per heavy atom. The lowest BCUT2D eigenvalue weighted by Gasteiger charge is -2.35. The van der Waals surface area contributed by atoms with Crippen LogP contribution in [-0.2, 0) is 18.3 Å². The van der Waals surface area contributed by atoms with Gasteiger partial charge in [-0.15, -0.1) is 0 Å². The first-order valence-corrected chi connectivity index (χ1v) is 15.1. The number of fused-ring (bicyclic) bond motifs is 1. The summed E-state index contributed by atoms with van der Waals surface area (Å²) in [6.07, 6.45) is 19.6. The largest absolute Gasteiger partial charge is 0.497 e. The lowest BCUT2D eigenvalue weighted by Crippen LogP contribution is -2.36. The molecule has 5 rings (SSSR count). The van der Waals surface area contributed by atoms with Crippen LogP contribution in [0.1, 0.15) is 30.0 Å². The zero-order chi connectivity index (χ0) is 29.9. The van der Waals surface area contributed by atoms with Crippen LogP contribution in [0.2, 0.25) is 0 Å². The van der Waals surface area contributed by atoms with Crippen LogP contribution in [-0.4, -0.2) is 13.7 Å². The molecule has 0 N–H and O–H groups in total. The van der Waals surface area contributed by atoms with E-state index in [1.165, 1.54) is 39.2 Å². The zero-order valence-corrected chi connectivity index (χ0v) is 25.3. The van der Waals surface area contributed by atoms with E-state index in [1.54, 1.807) is 13.2 Å². The van der Waals surface area contributed by atoms with Crippen LogP contribution in [0.4, 0.5) is 5.69 Å². The molecule has 4 aromatic carbocycles. The van der Waals surface area contributed by atoms with Gasteiger partial charge in [0.15, 0.2) is 0 Å². The molecule has 0 atom stereocenters. The Labute approximate surface area is 257 Å². The van der Waals surface area contributed by atoms with Gasteiger partial charge >= 0.3 is 0 Å². The van der Waals surface area contributed by atoms with E-state index in [-0.39, 0.29) is 5.41 Å². The topological polar surface area (TPSA) is 12.5 Å². The Hall–Kier alpha value is -4.82. The highest BCUT2D eigenvalue weighted by molar-refractivity contribution is 5.78. The number of anilines is 1. The minimum Gasteiger partial charge on any atom is -0.497 e. The average molecular weight is 564 g/mol. The van der Waals surface area contributed by atoms with Crippen molar-refractivity contribution in [2.75, 3.05) is 18.6 Å². The second kappa shape index (κ2) is 14.4. The van der Waals surface area contributed by atoms with Crippen molar-refractivity contribution in [3.63, 3.8) is 0 Å². The fourth-order valence-corrected chi connectivity index (χ4v) is 6.17. The van der Waals surface area contributed by atoms with Crippen LogP contribution in [0.25, 0.3) is 11.1 Å². The maximum absolute atomic E-state index is 5.44. The molecule has 4 aromatic rings. The molecule has 1 aliphatic heterocycles. The number of allylic oxidation sites excluding steroid dienone is 8. The van der Waals surface area contributed by atoms with Crippen LogP contribution >= 0.6 is 0 Å². The first-order valence-electron chi connectivity index (χ1n) is 15.1. The molecule has 0 aromatic heterocycles. The minimum atomic E-state index is -0.257. The Morgan fingerprint density at radius 2 is 1.40 bits per heavy atom. The van der Waals surface area contributed by atoms with E-state index in [2.05, 4.69) is 140 Å². The second-order valence-corrected chi connectivity index (χ2v) is 10.9. The molecule has 0 saturated heterocycles. The van der Waals surface area contributed by atoms with Crippen molar-refractivity contribution in [1.82, 2.24) is 0 Å². The van der Waals surface area contributed by atoms with Crippen molar-refractivity contribution in [3.8, 4) is 16.9 Å². The molecule has 0 aliphatic carbocycles. The molecule has 0 spiro atoms. The van der Waals surface area contributed by atoms with Gasteiger partial charge in [0.05, 0.1) is 7.11 Å². The van der Waals surface area contributed by atoms with Crippen molar-refractivity contribution in [2.45, 2.75) is 31.6 Å². The van der Waals surface area contributed by atoms with Gasteiger partial charge in [-0.05, 0) is 84.3 Å². The number of nitrogens with zero attached hydrogens (tertiary/aromatic N) is 1. The van der Waals surface area contributed by atoms with Gasteiger partial charge in [-0.1, -0.05) is 128 Å². The number of hydrogen-bond donors (Lipinski definition) is 0. The van der Waals surface area contributed by atoms with Crippen molar-refractivity contribution in [1.29, 1.82) is 0 Å². The van der Waals surface area contributed by atoms with Crippen molar-refractivity contribution in [2.24, 2.45) is 0 Å². The molecule has 1 heterocycles. The number of rotatable bonds is 12. The normalized spacial score (nSPS) is 15.1. The molecule has 43 heavy (non-hydrogen) atoms. The highest BCUT2D eigenvalue weighted by atomic mass is 16.5. The van der Waals surface area contributed by atoms with Gasteiger partial charge in [-0.2, -0.15) is 0 Å². The number of methoxy groups -OCH3 is 1. The summed E-state index contributed by atoms with van der Waals surface area (Å²) in [6.45, 7) is 6.76. The predicted molar refractivity (Wildman–Crippen MR) is 184 cm³/mol. The molecular formula is C41H41NO. The van der Waals surface area contributed by atoms with Gasteiger partial charge < -0.3 is 9.64 Å². The SMILES string of the molecule is C=C/C=C\C=C/CCN1/C(=C/C=C/C)C(Cc2ccccc2)(Cc2ccccc2)c2cc(-c3ccc(OC)cc3)ccc21. The van der Waals surface area contributed by atoms with E-state index < -0.39 is 0 Å². The monoisotopic (exact) mass is 563 g/mol. The summed E-state index contributed by atoms with van der Waals surface area (Å²) in [5.74, 6) is 0.867. The molecule has 0 fully saturated rings. The zero-order valence-electron chi connectivity index (χ0n) is 25.3. The molecule has 0 radical (unpaired) electrons. The summed E-state index contributed by atoms with van der Waals surface area (Å²) in [4.78, 5) is 2.56. The van der Waals surface area contributed by atoms with Crippen LogP contribution < -0.4 is 9.64 Å². The van der Waals surface area contributed by atoms with E-state index in [9.17, 15) is 0 Å². The molecule has 0 unspecified atom stereocenters. The lowest BCUT2D eigenvalue weighted by molar-refractivity contribution is 0.415. The smallest absolute Gasteiger partial charge is 0.118 e. The summed E-state index contributed by atoms with van der Waals surface area (Å²) in [7, 11) is 1.71. The van der Waals surface area contributed by atoms with Gasteiger partial charge in [0.25, 0.3) is 0 Å². The standard InChI is InChI=1S/C41H41NO/c1-4-6-8-9-10-17-29-42-39-28-25-36(35-23-26-37(43-3)27-24-35)30-38(39)41(40(42)22-7-5-2,31-33-18-13-11-14-19-33)32-34-20-15-12-16-21-34/h4-16,18-28,30H,1,17,29,31-32H2,2-3H3/b7-5+,8-6-,10-9-,40-22+. The van der Waals surface area contributed by atoms with Crippen LogP contribution in [0.15, 0.2) is 164 Å². The van der Waals surface area contributed by atoms with Crippen LogP contribution in [0.5, 0.6) is 5.75 Å². The Kier molecular flexibility index (Phi) is 9.92. The molecule has 0 amide bonds. The highest BCUT2D eigenvalue weighted by Crippen LogP contribution is 2.53. The third kappa shape index (κ3) is 6.81. The van der Waals surface area contributed by atoms with Gasteiger partial charge in [0, 0.05) is 23.3 Å². The lowest BCUT2D eigenvalue weighted by atomic mass is 9.70. The maximum Gasteiger partial charge on any atom is 0.118 e. The number of ether oxygens (including phenoxy) is 1. The number of benzene rings is 4. The summed E-state index contributed by atoms with van der Waals surface area (Å²) < 4.78 is 5.44. The predicted octanol–water partition coefficient (Wildman–Crippen LogP) is 10.1. The molecule has 216 valence electrons. The van der Waals surface area contributed by atoms with E-state index >= 15 is 0 Å². The maximum atomic E-state index is 5.44. The van der Waals surface area contributed by atoms with Gasteiger partial charge in [0.1, 0.15) is 5.75 Å². The van der Waals surface area contributed by atoms with Crippen LogP contribution in [0.3, 0.4) is 0 Å². The van der Waals surface area contributed by atoms with Crippen molar-refractivity contribution >= 4 is 5.69 Å². The van der Waals surface area contributed by atoms with E-state index in [4.69, 9.17) is 4.74 Å².